The SMILES string of the molecule is COc1cc(-c2c/c(=N\Nc3nc4ccccc4s3)c3ccc(C)cc3o2)ccc1O. The van der Waals surface area contributed by atoms with Crippen molar-refractivity contribution in [3.63, 3.8) is 0 Å². The first-order chi connectivity index (χ1) is 15.1. The van der Waals surface area contributed by atoms with E-state index in [1.807, 2.05) is 55.5 Å². The Balaban J connectivity index is 1.64. The fourth-order valence-electron chi connectivity index (χ4n) is 3.37. The van der Waals surface area contributed by atoms with Gasteiger partial charge >= 0.3 is 0 Å². The number of benzene rings is 3. The van der Waals surface area contributed by atoms with E-state index >= 15 is 0 Å². The van der Waals surface area contributed by atoms with Gasteiger partial charge in [0.25, 0.3) is 0 Å². The Labute approximate surface area is 182 Å². The summed E-state index contributed by atoms with van der Waals surface area (Å²) in [6.07, 6.45) is 0. The quantitative estimate of drug-likeness (QED) is 0.360. The monoisotopic (exact) mass is 429 g/mol. The molecular weight excluding hydrogens is 410 g/mol. The Bertz CT molecular complexity index is 1450. The zero-order valence-electron chi connectivity index (χ0n) is 16.9. The van der Waals surface area contributed by atoms with Crippen molar-refractivity contribution in [2.75, 3.05) is 12.5 Å². The molecule has 0 aliphatic carbocycles. The molecule has 2 N–H and O–H groups in total. The van der Waals surface area contributed by atoms with Crippen LogP contribution in [0.15, 0.2) is 76.2 Å². The molecule has 31 heavy (non-hydrogen) atoms. The minimum absolute atomic E-state index is 0.0743. The summed E-state index contributed by atoms with van der Waals surface area (Å²) < 4.78 is 12.5. The van der Waals surface area contributed by atoms with Gasteiger partial charge in [-0.25, -0.2) is 4.98 Å². The Morgan fingerprint density at radius 3 is 2.77 bits per heavy atom. The minimum Gasteiger partial charge on any atom is -0.504 e. The maximum Gasteiger partial charge on any atom is 0.204 e. The third-order valence-corrected chi connectivity index (χ3v) is 5.87. The lowest BCUT2D eigenvalue weighted by Gasteiger charge is -2.08. The van der Waals surface area contributed by atoms with E-state index in [1.165, 1.54) is 7.11 Å². The van der Waals surface area contributed by atoms with Gasteiger partial charge in [0.15, 0.2) is 11.5 Å². The number of anilines is 1. The molecule has 7 heteroatoms. The molecule has 0 bridgehead atoms. The van der Waals surface area contributed by atoms with E-state index in [1.54, 1.807) is 29.5 Å². The summed E-state index contributed by atoms with van der Waals surface area (Å²) in [5, 5.41) is 16.9. The van der Waals surface area contributed by atoms with Crippen molar-refractivity contribution in [2.24, 2.45) is 5.10 Å². The number of methoxy groups -OCH3 is 1. The smallest absolute Gasteiger partial charge is 0.204 e. The average molecular weight is 430 g/mol. The zero-order valence-corrected chi connectivity index (χ0v) is 17.7. The van der Waals surface area contributed by atoms with Crippen LogP contribution >= 0.6 is 11.3 Å². The van der Waals surface area contributed by atoms with Crippen LogP contribution < -0.4 is 15.5 Å². The van der Waals surface area contributed by atoms with Crippen molar-refractivity contribution < 1.29 is 14.3 Å². The second kappa shape index (κ2) is 7.77. The first-order valence-electron chi connectivity index (χ1n) is 9.68. The summed E-state index contributed by atoms with van der Waals surface area (Å²) in [7, 11) is 1.52. The molecule has 0 fully saturated rings. The van der Waals surface area contributed by atoms with E-state index in [-0.39, 0.29) is 5.75 Å². The van der Waals surface area contributed by atoms with Gasteiger partial charge in [0, 0.05) is 17.0 Å². The van der Waals surface area contributed by atoms with Crippen LogP contribution in [0.2, 0.25) is 0 Å². The molecule has 3 aromatic carbocycles. The highest BCUT2D eigenvalue weighted by Crippen LogP contribution is 2.32. The number of nitrogens with one attached hydrogen (secondary N) is 1. The predicted octanol–water partition coefficient (Wildman–Crippen LogP) is 5.66. The predicted molar refractivity (Wildman–Crippen MR) is 123 cm³/mol. The van der Waals surface area contributed by atoms with Gasteiger partial charge in [0.2, 0.25) is 5.13 Å². The van der Waals surface area contributed by atoms with E-state index < -0.39 is 0 Å². The number of nitrogens with zero attached hydrogens (tertiary/aromatic N) is 2. The number of hydrogen-bond donors (Lipinski definition) is 2. The van der Waals surface area contributed by atoms with Crippen LogP contribution in [-0.2, 0) is 0 Å². The number of aromatic nitrogens is 1. The first-order valence-corrected chi connectivity index (χ1v) is 10.5. The van der Waals surface area contributed by atoms with Gasteiger partial charge in [0.05, 0.1) is 22.7 Å². The molecule has 0 aliphatic heterocycles. The largest absolute Gasteiger partial charge is 0.504 e. The number of hydrogen-bond acceptors (Lipinski definition) is 7. The van der Waals surface area contributed by atoms with Crippen LogP contribution in [0.25, 0.3) is 32.5 Å². The molecule has 0 atom stereocenters. The molecule has 0 aliphatic rings. The number of phenols is 1. The second-order valence-corrected chi connectivity index (χ2v) is 8.12. The Morgan fingerprint density at radius 1 is 1.06 bits per heavy atom. The second-order valence-electron chi connectivity index (χ2n) is 7.09. The number of ether oxygens (including phenoxy) is 1. The van der Waals surface area contributed by atoms with Crippen molar-refractivity contribution in [1.29, 1.82) is 0 Å². The van der Waals surface area contributed by atoms with Gasteiger partial charge in [-0.3, -0.25) is 5.43 Å². The normalized spacial score (nSPS) is 11.9. The molecule has 0 unspecified atom stereocenters. The molecule has 0 amide bonds. The highest BCUT2D eigenvalue weighted by molar-refractivity contribution is 7.22. The van der Waals surface area contributed by atoms with Gasteiger partial charge in [-0.05, 0) is 55.0 Å². The Kier molecular flexibility index (Phi) is 4.80. The van der Waals surface area contributed by atoms with Gasteiger partial charge in [-0.1, -0.05) is 29.5 Å². The van der Waals surface area contributed by atoms with Gasteiger partial charge in [0.1, 0.15) is 11.3 Å². The maximum atomic E-state index is 9.92. The summed E-state index contributed by atoms with van der Waals surface area (Å²) in [5.41, 5.74) is 6.60. The first kappa shape index (κ1) is 19.1. The van der Waals surface area contributed by atoms with Gasteiger partial charge < -0.3 is 14.3 Å². The van der Waals surface area contributed by atoms with E-state index in [9.17, 15) is 5.11 Å². The molecule has 0 spiro atoms. The molecule has 6 nitrogen and oxygen atoms in total. The van der Waals surface area contributed by atoms with E-state index in [4.69, 9.17) is 9.15 Å². The zero-order chi connectivity index (χ0) is 21.4. The summed E-state index contributed by atoms with van der Waals surface area (Å²) in [4.78, 5) is 4.58. The summed E-state index contributed by atoms with van der Waals surface area (Å²) in [6, 6.07) is 20.9. The molecule has 2 heterocycles. The fourth-order valence-corrected chi connectivity index (χ4v) is 4.18. The van der Waals surface area contributed by atoms with Crippen LogP contribution in [-0.4, -0.2) is 17.2 Å². The van der Waals surface area contributed by atoms with Crippen molar-refractivity contribution in [1.82, 2.24) is 4.98 Å². The number of thiazole rings is 1. The Hall–Kier alpha value is -3.84. The van der Waals surface area contributed by atoms with Crippen molar-refractivity contribution >= 4 is 37.7 Å². The number of aryl methyl sites for hydroxylation is 1. The Morgan fingerprint density at radius 2 is 1.94 bits per heavy atom. The molecular formula is C24H19N3O3S. The van der Waals surface area contributed by atoms with Crippen LogP contribution in [0.1, 0.15) is 5.56 Å². The van der Waals surface area contributed by atoms with E-state index in [2.05, 4.69) is 15.5 Å². The summed E-state index contributed by atoms with van der Waals surface area (Å²) in [6.45, 7) is 2.02. The van der Waals surface area contributed by atoms with Crippen LogP contribution in [0.4, 0.5) is 5.13 Å². The van der Waals surface area contributed by atoms with Crippen LogP contribution in [0, 0.1) is 6.92 Å². The number of rotatable bonds is 4. The summed E-state index contributed by atoms with van der Waals surface area (Å²) >= 11 is 1.55. The van der Waals surface area contributed by atoms with Gasteiger partial charge in [-0.15, -0.1) is 0 Å². The molecule has 0 saturated heterocycles. The lowest BCUT2D eigenvalue weighted by Crippen LogP contribution is -2.07. The molecule has 0 radical (unpaired) electrons. The third-order valence-electron chi connectivity index (χ3n) is 4.93. The highest BCUT2D eigenvalue weighted by Gasteiger charge is 2.10. The number of aromatic hydroxyl groups is 1. The molecule has 154 valence electrons. The highest BCUT2D eigenvalue weighted by atomic mass is 32.1. The number of phenolic OH excluding ortho intramolecular Hbond substituents is 1. The molecule has 5 rings (SSSR count). The fraction of sp³-hybridized carbons (Fsp3) is 0.0833. The lowest BCUT2D eigenvalue weighted by molar-refractivity contribution is 0.373. The standard InChI is InChI=1S/C24H19N3O3S/c1-14-7-9-16-18(26-27-24-25-17-5-3-4-6-23(17)31-24)13-20(30-21(16)11-14)15-8-10-19(28)22(12-15)29-2/h3-13,28H,1-2H3,(H,25,27)/b26-18+. The lowest BCUT2D eigenvalue weighted by atomic mass is 10.1. The van der Waals surface area contributed by atoms with Gasteiger partial charge in [-0.2, -0.15) is 5.10 Å². The van der Waals surface area contributed by atoms with Crippen LogP contribution in [0.5, 0.6) is 11.5 Å². The van der Waals surface area contributed by atoms with Crippen molar-refractivity contribution in [3.05, 3.63) is 77.7 Å². The molecule has 2 aromatic heterocycles. The van der Waals surface area contributed by atoms with Crippen LogP contribution in [0.3, 0.4) is 0 Å². The van der Waals surface area contributed by atoms with E-state index in [0.29, 0.717) is 11.5 Å². The van der Waals surface area contributed by atoms with Crippen molar-refractivity contribution in [3.8, 4) is 22.8 Å². The van der Waals surface area contributed by atoms with Crippen molar-refractivity contribution in [2.45, 2.75) is 6.92 Å². The van der Waals surface area contributed by atoms with E-state index in [0.717, 1.165) is 42.8 Å². The third kappa shape index (κ3) is 3.71. The number of para-hydroxylation sites is 1. The molecule has 0 saturated carbocycles. The maximum absolute atomic E-state index is 9.92. The molecule has 5 aromatic rings. The minimum atomic E-state index is 0.0743. The number of fused-ring (bicyclic) bond motifs is 2. The summed E-state index contributed by atoms with van der Waals surface area (Å²) in [5.74, 6) is 1.06. The average Bonchev–Trinajstić information content (AvgIpc) is 3.20. The topological polar surface area (TPSA) is 79.9 Å².